The average molecular weight is 235 g/mol. The molecule has 0 fully saturated rings. The number of amides is 1. The van der Waals surface area contributed by atoms with Gasteiger partial charge in [-0.15, -0.1) is 0 Å². The number of aryl methyl sites for hydroxylation is 1. The number of unbranched alkanes of at least 4 members (excludes halogenated alkanes) is 1. The summed E-state index contributed by atoms with van der Waals surface area (Å²) in [6.45, 7) is 0. The maximum absolute atomic E-state index is 10.8. The van der Waals surface area contributed by atoms with Gasteiger partial charge >= 0.3 is 5.97 Å². The molecule has 1 aromatic rings. The van der Waals surface area contributed by atoms with Crippen molar-refractivity contribution < 1.29 is 14.7 Å². The molecule has 0 saturated carbocycles. The van der Waals surface area contributed by atoms with Crippen molar-refractivity contribution in [3.63, 3.8) is 0 Å². The molecular formula is C13H17NO3. The number of hydrogen-bond acceptors (Lipinski definition) is 2. The van der Waals surface area contributed by atoms with Gasteiger partial charge in [0.05, 0.1) is 6.42 Å². The number of benzene rings is 1. The minimum Gasteiger partial charge on any atom is -0.481 e. The molecular weight excluding hydrogens is 218 g/mol. The molecule has 0 radical (unpaired) electrons. The first kappa shape index (κ1) is 13.2. The van der Waals surface area contributed by atoms with E-state index in [1.165, 1.54) is 0 Å². The van der Waals surface area contributed by atoms with Crippen LogP contribution in [0.25, 0.3) is 0 Å². The van der Waals surface area contributed by atoms with Crippen molar-refractivity contribution in [2.45, 2.75) is 32.1 Å². The average Bonchev–Trinajstić information content (AvgIpc) is 2.24. The summed E-state index contributed by atoms with van der Waals surface area (Å²) in [6, 6.07) is 7.69. The third-order valence-corrected chi connectivity index (χ3v) is 2.48. The van der Waals surface area contributed by atoms with Crippen molar-refractivity contribution in [3.8, 4) is 0 Å². The third-order valence-electron chi connectivity index (χ3n) is 2.48. The van der Waals surface area contributed by atoms with Crippen molar-refractivity contribution >= 4 is 11.9 Å². The molecule has 1 rings (SSSR count). The van der Waals surface area contributed by atoms with Crippen LogP contribution < -0.4 is 5.73 Å². The lowest BCUT2D eigenvalue weighted by molar-refractivity contribution is -0.137. The van der Waals surface area contributed by atoms with E-state index in [1.54, 1.807) is 0 Å². The lowest BCUT2D eigenvalue weighted by Gasteiger charge is -2.03. The van der Waals surface area contributed by atoms with Gasteiger partial charge in [0.2, 0.25) is 5.91 Å². The van der Waals surface area contributed by atoms with E-state index in [1.807, 2.05) is 24.3 Å². The van der Waals surface area contributed by atoms with Crippen molar-refractivity contribution in [2.24, 2.45) is 5.73 Å². The Balaban J connectivity index is 2.42. The summed E-state index contributed by atoms with van der Waals surface area (Å²) in [5, 5.41) is 8.50. The maximum atomic E-state index is 10.8. The monoisotopic (exact) mass is 235 g/mol. The first-order valence-corrected chi connectivity index (χ1v) is 5.66. The highest BCUT2D eigenvalue weighted by Gasteiger charge is 2.01. The van der Waals surface area contributed by atoms with Gasteiger partial charge in [0.1, 0.15) is 0 Å². The molecule has 0 unspecified atom stereocenters. The van der Waals surface area contributed by atoms with Gasteiger partial charge in [-0.3, -0.25) is 9.59 Å². The Morgan fingerprint density at radius 3 is 2.53 bits per heavy atom. The van der Waals surface area contributed by atoms with E-state index in [9.17, 15) is 9.59 Å². The van der Waals surface area contributed by atoms with Crippen LogP contribution in [0.3, 0.4) is 0 Å². The fourth-order valence-electron chi connectivity index (χ4n) is 1.70. The topological polar surface area (TPSA) is 80.4 Å². The molecule has 0 bridgehead atoms. The quantitative estimate of drug-likeness (QED) is 0.703. The van der Waals surface area contributed by atoms with Gasteiger partial charge in [0.25, 0.3) is 0 Å². The minimum atomic E-state index is -0.757. The molecule has 4 heteroatoms. The van der Waals surface area contributed by atoms with Gasteiger partial charge in [-0.05, 0) is 30.4 Å². The van der Waals surface area contributed by atoms with Crippen molar-refractivity contribution in [1.82, 2.24) is 0 Å². The Morgan fingerprint density at radius 2 is 1.88 bits per heavy atom. The summed E-state index contributed by atoms with van der Waals surface area (Å²) in [7, 11) is 0. The van der Waals surface area contributed by atoms with Crippen molar-refractivity contribution in [1.29, 1.82) is 0 Å². The number of carbonyl (C=O) groups excluding carboxylic acids is 1. The Morgan fingerprint density at radius 1 is 1.18 bits per heavy atom. The largest absolute Gasteiger partial charge is 0.481 e. The fourth-order valence-corrected chi connectivity index (χ4v) is 1.70. The van der Waals surface area contributed by atoms with E-state index >= 15 is 0 Å². The van der Waals surface area contributed by atoms with Crippen LogP contribution in [0.15, 0.2) is 24.3 Å². The van der Waals surface area contributed by atoms with Crippen molar-refractivity contribution in [2.75, 3.05) is 0 Å². The zero-order valence-electron chi connectivity index (χ0n) is 9.69. The number of primary amides is 1. The second kappa shape index (κ2) is 6.68. The molecule has 3 N–H and O–H groups in total. The number of carbonyl (C=O) groups is 2. The van der Waals surface area contributed by atoms with Gasteiger partial charge in [0.15, 0.2) is 0 Å². The Hall–Kier alpha value is -1.84. The fraction of sp³-hybridized carbons (Fsp3) is 0.385. The Labute approximate surface area is 100 Å². The summed E-state index contributed by atoms with van der Waals surface area (Å²) < 4.78 is 0. The van der Waals surface area contributed by atoms with Crippen LogP contribution in [0.2, 0.25) is 0 Å². The molecule has 0 atom stereocenters. The van der Waals surface area contributed by atoms with Gasteiger partial charge < -0.3 is 10.8 Å². The lowest BCUT2D eigenvalue weighted by atomic mass is 10.0. The number of rotatable bonds is 7. The van der Waals surface area contributed by atoms with E-state index in [0.29, 0.717) is 6.42 Å². The molecule has 0 aliphatic heterocycles. The standard InChI is InChI=1S/C13H17NO3/c14-12(15)9-11-6-3-5-10(8-11)4-1-2-7-13(16)17/h3,5-6,8H,1-2,4,7,9H2,(H2,14,15)(H,16,17). The van der Waals surface area contributed by atoms with Gasteiger partial charge in [-0.25, -0.2) is 0 Å². The van der Waals surface area contributed by atoms with Crippen LogP contribution in [0, 0.1) is 0 Å². The first-order valence-electron chi connectivity index (χ1n) is 5.66. The molecule has 0 aliphatic rings. The Kier molecular flexibility index (Phi) is 5.20. The van der Waals surface area contributed by atoms with E-state index in [4.69, 9.17) is 10.8 Å². The second-order valence-corrected chi connectivity index (χ2v) is 4.06. The highest BCUT2D eigenvalue weighted by molar-refractivity contribution is 5.76. The van der Waals surface area contributed by atoms with Gasteiger partial charge in [-0.2, -0.15) is 0 Å². The molecule has 0 heterocycles. The van der Waals surface area contributed by atoms with Crippen LogP contribution in [0.4, 0.5) is 0 Å². The predicted octanol–water partition coefficient (Wildman–Crippen LogP) is 1.51. The molecule has 4 nitrogen and oxygen atoms in total. The van der Waals surface area contributed by atoms with Crippen LogP contribution in [0.5, 0.6) is 0 Å². The molecule has 0 spiro atoms. The molecule has 1 amide bonds. The van der Waals surface area contributed by atoms with Crippen LogP contribution in [-0.4, -0.2) is 17.0 Å². The summed E-state index contributed by atoms with van der Waals surface area (Å²) in [4.78, 5) is 21.1. The molecule has 17 heavy (non-hydrogen) atoms. The zero-order valence-corrected chi connectivity index (χ0v) is 9.69. The maximum Gasteiger partial charge on any atom is 0.303 e. The summed E-state index contributed by atoms with van der Waals surface area (Å²) >= 11 is 0. The number of carboxylic acids is 1. The molecule has 0 aromatic heterocycles. The summed E-state index contributed by atoms with van der Waals surface area (Å²) in [6.07, 6.45) is 2.81. The van der Waals surface area contributed by atoms with Gasteiger partial charge in [0, 0.05) is 6.42 Å². The van der Waals surface area contributed by atoms with Crippen LogP contribution >= 0.6 is 0 Å². The highest BCUT2D eigenvalue weighted by atomic mass is 16.4. The number of hydrogen-bond donors (Lipinski definition) is 2. The number of aliphatic carboxylic acids is 1. The third kappa shape index (κ3) is 5.70. The molecule has 0 aliphatic carbocycles. The second-order valence-electron chi connectivity index (χ2n) is 4.06. The minimum absolute atomic E-state index is 0.209. The Bertz CT molecular complexity index is 401. The van der Waals surface area contributed by atoms with E-state index in [-0.39, 0.29) is 18.7 Å². The SMILES string of the molecule is NC(=O)Cc1cccc(CCCCC(=O)O)c1. The van der Waals surface area contributed by atoms with Gasteiger partial charge in [-0.1, -0.05) is 24.3 Å². The number of nitrogens with two attached hydrogens (primary N) is 1. The number of carboxylic acid groups (broad SMARTS) is 1. The highest BCUT2D eigenvalue weighted by Crippen LogP contribution is 2.10. The smallest absolute Gasteiger partial charge is 0.303 e. The van der Waals surface area contributed by atoms with E-state index < -0.39 is 5.97 Å². The van der Waals surface area contributed by atoms with Crippen molar-refractivity contribution in [3.05, 3.63) is 35.4 Å². The van der Waals surface area contributed by atoms with Crippen LogP contribution in [0.1, 0.15) is 30.4 Å². The summed E-state index contributed by atoms with van der Waals surface area (Å²) in [5.74, 6) is -1.10. The normalized spacial score (nSPS) is 10.1. The zero-order chi connectivity index (χ0) is 12.7. The van der Waals surface area contributed by atoms with E-state index in [0.717, 1.165) is 24.0 Å². The molecule has 92 valence electrons. The van der Waals surface area contributed by atoms with Crippen LogP contribution in [-0.2, 0) is 22.4 Å². The van der Waals surface area contributed by atoms with E-state index in [2.05, 4.69) is 0 Å². The predicted molar refractivity (Wildman–Crippen MR) is 64.5 cm³/mol. The summed E-state index contributed by atoms with van der Waals surface area (Å²) in [5.41, 5.74) is 7.16. The first-order chi connectivity index (χ1) is 8.08. The lowest BCUT2D eigenvalue weighted by Crippen LogP contribution is -2.13. The molecule has 0 saturated heterocycles. The molecule has 1 aromatic carbocycles.